The van der Waals surface area contributed by atoms with Crippen molar-refractivity contribution in [2.24, 2.45) is 5.92 Å². The second-order valence-corrected chi connectivity index (χ2v) is 6.44. The number of nitrogens with zero attached hydrogens (tertiary/aromatic N) is 4. The van der Waals surface area contributed by atoms with Crippen molar-refractivity contribution in [1.29, 1.82) is 0 Å². The highest BCUT2D eigenvalue weighted by Crippen LogP contribution is 2.35. The van der Waals surface area contributed by atoms with E-state index in [1.165, 1.54) is 24.0 Å². The molecule has 0 fully saturated rings. The van der Waals surface area contributed by atoms with Crippen LogP contribution in [-0.2, 0) is 6.42 Å². The molecule has 0 saturated carbocycles. The summed E-state index contributed by atoms with van der Waals surface area (Å²) < 4.78 is 1.78. The normalized spacial score (nSPS) is 21.0. The van der Waals surface area contributed by atoms with Crippen LogP contribution in [-0.4, -0.2) is 19.6 Å². The fraction of sp³-hybridized carbons (Fsp3) is 0.389. The number of benzene rings is 1. The zero-order valence-corrected chi connectivity index (χ0v) is 13.5. The third-order valence-corrected chi connectivity index (χ3v) is 4.75. The smallest absolute Gasteiger partial charge is 0.254 e. The standard InChI is InChI=1S/C18H21N5/c1-12-6-5-8-14-7-3-4-9-15(14)17(12)22-16-10-13(2)21-18-19-11-20-23(16)18/h3-4,7,9-12,17,22H,5-6,8H2,1-2H3/t12-,17+/m1/s1. The average Bonchev–Trinajstić information content (AvgIpc) is 2.95. The van der Waals surface area contributed by atoms with Crippen molar-refractivity contribution in [2.75, 3.05) is 5.32 Å². The van der Waals surface area contributed by atoms with E-state index in [0.29, 0.717) is 11.7 Å². The number of hydrogen-bond donors (Lipinski definition) is 1. The van der Waals surface area contributed by atoms with Crippen molar-refractivity contribution in [1.82, 2.24) is 19.6 Å². The van der Waals surface area contributed by atoms with E-state index in [1.54, 1.807) is 10.8 Å². The first kappa shape index (κ1) is 14.2. The molecule has 4 rings (SSSR count). The fourth-order valence-corrected chi connectivity index (χ4v) is 3.57. The second kappa shape index (κ2) is 5.65. The molecule has 3 aromatic rings. The summed E-state index contributed by atoms with van der Waals surface area (Å²) >= 11 is 0. The first-order valence-corrected chi connectivity index (χ1v) is 8.24. The minimum atomic E-state index is 0.280. The number of aryl methyl sites for hydroxylation is 2. The molecule has 5 heteroatoms. The quantitative estimate of drug-likeness (QED) is 0.736. The van der Waals surface area contributed by atoms with Gasteiger partial charge in [0.15, 0.2) is 0 Å². The van der Waals surface area contributed by atoms with Crippen LogP contribution in [0, 0.1) is 12.8 Å². The minimum Gasteiger partial charge on any atom is -0.363 e. The molecule has 2 atom stereocenters. The summed E-state index contributed by atoms with van der Waals surface area (Å²) in [6.07, 6.45) is 5.17. The molecule has 0 unspecified atom stereocenters. The molecule has 0 spiro atoms. The van der Waals surface area contributed by atoms with Crippen LogP contribution in [0.5, 0.6) is 0 Å². The molecular formula is C18H21N5. The van der Waals surface area contributed by atoms with Crippen LogP contribution in [0.25, 0.3) is 5.78 Å². The number of hydrogen-bond acceptors (Lipinski definition) is 4. The summed E-state index contributed by atoms with van der Waals surface area (Å²) in [5, 5.41) is 8.03. The molecule has 0 amide bonds. The van der Waals surface area contributed by atoms with Gasteiger partial charge >= 0.3 is 0 Å². The van der Waals surface area contributed by atoms with Crippen LogP contribution >= 0.6 is 0 Å². The van der Waals surface area contributed by atoms with Crippen molar-refractivity contribution in [3.05, 3.63) is 53.5 Å². The van der Waals surface area contributed by atoms with E-state index in [-0.39, 0.29) is 6.04 Å². The number of anilines is 1. The van der Waals surface area contributed by atoms with Crippen LogP contribution in [0.2, 0.25) is 0 Å². The Morgan fingerprint density at radius 1 is 1.26 bits per heavy atom. The predicted molar refractivity (Wildman–Crippen MR) is 90.4 cm³/mol. The van der Waals surface area contributed by atoms with Crippen LogP contribution in [0.3, 0.4) is 0 Å². The topological polar surface area (TPSA) is 55.1 Å². The van der Waals surface area contributed by atoms with Crippen LogP contribution < -0.4 is 5.32 Å². The molecule has 1 aromatic carbocycles. The Kier molecular flexibility index (Phi) is 3.48. The van der Waals surface area contributed by atoms with E-state index in [0.717, 1.165) is 17.9 Å². The maximum Gasteiger partial charge on any atom is 0.254 e. The molecule has 1 N–H and O–H groups in total. The SMILES string of the molecule is Cc1cc(N[C@@H]2c3ccccc3CCC[C@H]2C)n2ncnc2n1. The molecule has 0 saturated heterocycles. The van der Waals surface area contributed by atoms with Crippen LogP contribution in [0.1, 0.15) is 42.6 Å². The van der Waals surface area contributed by atoms with Gasteiger partial charge in [-0.1, -0.05) is 31.2 Å². The van der Waals surface area contributed by atoms with Gasteiger partial charge < -0.3 is 5.32 Å². The summed E-state index contributed by atoms with van der Waals surface area (Å²) in [6.45, 7) is 4.32. The van der Waals surface area contributed by atoms with E-state index >= 15 is 0 Å². The number of nitrogens with one attached hydrogen (secondary N) is 1. The van der Waals surface area contributed by atoms with E-state index < -0.39 is 0 Å². The van der Waals surface area contributed by atoms with Gasteiger partial charge in [-0.15, -0.1) is 0 Å². The molecule has 2 heterocycles. The first-order valence-electron chi connectivity index (χ1n) is 8.24. The molecule has 1 aliphatic rings. The molecule has 23 heavy (non-hydrogen) atoms. The summed E-state index contributed by atoms with van der Waals surface area (Å²) in [6, 6.07) is 11.1. The minimum absolute atomic E-state index is 0.280. The van der Waals surface area contributed by atoms with Gasteiger partial charge in [-0.05, 0) is 43.2 Å². The Balaban J connectivity index is 1.78. The lowest BCUT2D eigenvalue weighted by Gasteiger charge is -2.26. The Morgan fingerprint density at radius 2 is 2.13 bits per heavy atom. The molecule has 5 nitrogen and oxygen atoms in total. The van der Waals surface area contributed by atoms with Gasteiger partial charge in [-0.3, -0.25) is 0 Å². The van der Waals surface area contributed by atoms with Gasteiger partial charge in [-0.25, -0.2) is 4.98 Å². The third kappa shape index (κ3) is 2.56. The highest BCUT2D eigenvalue weighted by atomic mass is 15.4. The molecule has 2 aromatic heterocycles. The summed E-state index contributed by atoms with van der Waals surface area (Å²) in [7, 11) is 0. The summed E-state index contributed by atoms with van der Waals surface area (Å²) in [5.41, 5.74) is 3.80. The van der Waals surface area contributed by atoms with Crippen LogP contribution in [0.15, 0.2) is 36.7 Å². The lowest BCUT2D eigenvalue weighted by Crippen LogP contribution is -2.20. The van der Waals surface area contributed by atoms with Gasteiger partial charge in [0, 0.05) is 11.8 Å². The average molecular weight is 307 g/mol. The van der Waals surface area contributed by atoms with Crippen molar-refractivity contribution < 1.29 is 0 Å². The van der Waals surface area contributed by atoms with Gasteiger partial charge in [0.25, 0.3) is 5.78 Å². The Labute approximate surface area is 135 Å². The lowest BCUT2D eigenvalue weighted by molar-refractivity contribution is 0.462. The molecular weight excluding hydrogens is 286 g/mol. The number of aromatic nitrogens is 4. The summed E-state index contributed by atoms with van der Waals surface area (Å²) in [5.74, 6) is 2.16. The predicted octanol–water partition coefficient (Wildman–Crippen LogP) is 3.56. The Hall–Kier alpha value is -2.43. The van der Waals surface area contributed by atoms with Crippen LogP contribution in [0.4, 0.5) is 5.82 Å². The largest absolute Gasteiger partial charge is 0.363 e. The zero-order valence-electron chi connectivity index (χ0n) is 13.5. The monoisotopic (exact) mass is 307 g/mol. The maximum absolute atomic E-state index is 4.42. The molecule has 118 valence electrons. The zero-order chi connectivity index (χ0) is 15.8. The highest BCUT2D eigenvalue weighted by Gasteiger charge is 2.25. The van der Waals surface area contributed by atoms with Gasteiger partial charge in [0.2, 0.25) is 0 Å². The van der Waals surface area contributed by atoms with Crippen molar-refractivity contribution in [3.8, 4) is 0 Å². The van der Waals surface area contributed by atoms with Gasteiger partial charge in [0.05, 0.1) is 6.04 Å². The molecule has 0 aliphatic heterocycles. The number of fused-ring (bicyclic) bond motifs is 2. The first-order chi connectivity index (χ1) is 11.2. The van der Waals surface area contributed by atoms with Crippen molar-refractivity contribution in [2.45, 2.75) is 39.2 Å². The van der Waals surface area contributed by atoms with E-state index in [1.807, 2.05) is 13.0 Å². The molecule has 0 radical (unpaired) electrons. The Morgan fingerprint density at radius 3 is 3.04 bits per heavy atom. The number of rotatable bonds is 2. The van der Waals surface area contributed by atoms with E-state index in [2.05, 4.69) is 51.6 Å². The van der Waals surface area contributed by atoms with E-state index in [4.69, 9.17) is 0 Å². The van der Waals surface area contributed by atoms with Gasteiger partial charge in [0.1, 0.15) is 12.1 Å². The third-order valence-electron chi connectivity index (χ3n) is 4.75. The maximum atomic E-state index is 4.42. The fourth-order valence-electron chi connectivity index (χ4n) is 3.57. The summed E-state index contributed by atoms with van der Waals surface area (Å²) in [4.78, 5) is 8.64. The highest BCUT2D eigenvalue weighted by molar-refractivity contribution is 5.48. The van der Waals surface area contributed by atoms with Gasteiger partial charge in [-0.2, -0.15) is 14.6 Å². The second-order valence-electron chi connectivity index (χ2n) is 6.44. The van der Waals surface area contributed by atoms with E-state index in [9.17, 15) is 0 Å². The van der Waals surface area contributed by atoms with Crippen molar-refractivity contribution in [3.63, 3.8) is 0 Å². The molecule has 1 aliphatic carbocycles. The Bertz CT molecular complexity index is 838. The van der Waals surface area contributed by atoms with Crippen molar-refractivity contribution >= 4 is 11.6 Å². The molecule has 0 bridgehead atoms. The lowest BCUT2D eigenvalue weighted by atomic mass is 9.92.